The number of hydrogen-bond donors (Lipinski definition) is 1. The average molecular weight is 423 g/mol. The third-order valence-corrected chi connectivity index (χ3v) is 6.45. The van der Waals surface area contributed by atoms with Gasteiger partial charge in [-0.3, -0.25) is 4.31 Å². The lowest BCUT2D eigenvalue weighted by molar-refractivity contribution is 0.281. The molecule has 0 amide bonds. The molecule has 0 aliphatic heterocycles. The van der Waals surface area contributed by atoms with E-state index in [0.717, 1.165) is 0 Å². The van der Waals surface area contributed by atoms with E-state index in [-0.39, 0.29) is 16.5 Å². The van der Waals surface area contributed by atoms with E-state index in [4.69, 9.17) is 39.9 Å². The van der Waals surface area contributed by atoms with E-state index in [2.05, 4.69) is 0 Å². The zero-order chi connectivity index (χ0) is 18.6. The number of benzene rings is 2. The molecule has 8 heteroatoms. The third-order valence-electron chi connectivity index (χ3n) is 3.70. The van der Waals surface area contributed by atoms with Crippen molar-refractivity contribution in [3.05, 3.63) is 57.5 Å². The Morgan fingerprint density at radius 3 is 2.24 bits per heavy atom. The van der Waals surface area contributed by atoms with Crippen LogP contribution in [-0.2, 0) is 10.0 Å². The Labute approximate surface area is 163 Å². The van der Waals surface area contributed by atoms with Gasteiger partial charge in [0, 0.05) is 22.7 Å². The molecule has 0 heterocycles. The van der Waals surface area contributed by atoms with Gasteiger partial charge in [0.1, 0.15) is 0 Å². The fourth-order valence-electron chi connectivity index (χ4n) is 2.48. The summed E-state index contributed by atoms with van der Waals surface area (Å²) in [6, 6.07) is 10.2. The van der Waals surface area contributed by atoms with Gasteiger partial charge in [-0.2, -0.15) is 0 Å². The number of anilines is 1. The molecule has 0 saturated heterocycles. The maximum absolute atomic E-state index is 13.2. The van der Waals surface area contributed by atoms with Crippen LogP contribution in [0.1, 0.15) is 19.8 Å². The van der Waals surface area contributed by atoms with Gasteiger partial charge < -0.3 is 5.11 Å². The Kier molecular flexibility index (Phi) is 7.00. The predicted molar refractivity (Wildman–Crippen MR) is 103 cm³/mol. The summed E-state index contributed by atoms with van der Waals surface area (Å²) in [5.41, 5.74) is 0.301. The minimum Gasteiger partial charge on any atom is -0.396 e. The van der Waals surface area contributed by atoms with Crippen molar-refractivity contribution in [2.75, 3.05) is 10.9 Å². The molecule has 2 aromatic rings. The van der Waals surface area contributed by atoms with Gasteiger partial charge in [0.05, 0.1) is 15.6 Å². The molecule has 0 aromatic heterocycles. The maximum Gasteiger partial charge on any atom is 0.264 e. The molecule has 1 atom stereocenters. The summed E-state index contributed by atoms with van der Waals surface area (Å²) in [7, 11) is -3.89. The normalized spacial score (nSPS) is 12.8. The Hall–Kier alpha value is -0.980. The van der Waals surface area contributed by atoms with Crippen molar-refractivity contribution in [3.63, 3.8) is 0 Å². The van der Waals surface area contributed by atoms with Crippen LogP contribution in [0.3, 0.4) is 0 Å². The third kappa shape index (κ3) is 4.80. The first-order chi connectivity index (χ1) is 11.8. The number of rotatable bonds is 7. The van der Waals surface area contributed by atoms with Gasteiger partial charge in [0.2, 0.25) is 0 Å². The van der Waals surface area contributed by atoms with E-state index in [1.807, 2.05) is 0 Å². The Morgan fingerprint density at radius 2 is 1.64 bits per heavy atom. The summed E-state index contributed by atoms with van der Waals surface area (Å²) >= 11 is 18.2. The second-order valence-electron chi connectivity index (χ2n) is 5.57. The molecule has 0 spiro atoms. The Balaban J connectivity index is 2.57. The average Bonchev–Trinajstić information content (AvgIpc) is 2.56. The summed E-state index contributed by atoms with van der Waals surface area (Å²) in [5, 5.41) is 10.2. The van der Waals surface area contributed by atoms with Crippen LogP contribution in [0.2, 0.25) is 15.1 Å². The first kappa shape index (κ1) is 20.3. The van der Waals surface area contributed by atoms with Crippen molar-refractivity contribution < 1.29 is 13.5 Å². The number of halogens is 3. The topological polar surface area (TPSA) is 57.6 Å². The zero-order valence-corrected chi connectivity index (χ0v) is 16.6. The summed E-state index contributed by atoms with van der Waals surface area (Å²) in [4.78, 5) is 0.101. The van der Waals surface area contributed by atoms with Crippen molar-refractivity contribution >= 4 is 50.5 Å². The van der Waals surface area contributed by atoms with Gasteiger partial charge in [-0.1, -0.05) is 34.8 Å². The van der Waals surface area contributed by atoms with E-state index in [1.54, 1.807) is 19.1 Å². The number of sulfonamides is 1. The molecule has 136 valence electrons. The fourth-order valence-corrected chi connectivity index (χ4v) is 4.73. The number of aliphatic hydroxyl groups is 1. The fraction of sp³-hybridized carbons (Fsp3) is 0.294. The van der Waals surface area contributed by atoms with Gasteiger partial charge >= 0.3 is 0 Å². The van der Waals surface area contributed by atoms with Crippen LogP contribution in [0.25, 0.3) is 0 Å². The minimum absolute atomic E-state index is 0.0253. The maximum atomic E-state index is 13.2. The molecule has 4 nitrogen and oxygen atoms in total. The van der Waals surface area contributed by atoms with Gasteiger partial charge in [-0.05, 0) is 62.2 Å². The lowest BCUT2D eigenvalue weighted by Gasteiger charge is -2.31. The zero-order valence-electron chi connectivity index (χ0n) is 13.5. The summed E-state index contributed by atoms with van der Waals surface area (Å²) < 4.78 is 27.7. The van der Waals surface area contributed by atoms with Crippen molar-refractivity contribution in [1.29, 1.82) is 0 Å². The van der Waals surface area contributed by atoms with Gasteiger partial charge in [0.25, 0.3) is 10.0 Å². The first-order valence-corrected chi connectivity index (χ1v) is 10.2. The standard InChI is InChI=1S/C17H18Cl3NO3S/c1-12(3-2-10-22)21(17-11-14(19)6-9-16(17)20)25(23,24)15-7-4-13(18)5-8-15/h4-9,11-12,22H,2-3,10H2,1H3/t12-/m1/s1. The van der Waals surface area contributed by atoms with Crippen LogP contribution < -0.4 is 4.31 Å². The molecule has 0 saturated carbocycles. The van der Waals surface area contributed by atoms with Crippen LogP contribution in [0.4, 0.5) is 5.69 Å². The van der Waals surface area contributed by atoms with E-state index in [9.17, 15) is 8.42 Å². The van der Waals surface area contributed by atoms with Crippen molar-refractivity contribution in [2.45, 2.75) is 30.7 Å². The molecule has 0 aliphatic rings. The van der Waals surface area contributed by atoms with Crippen LogP contribution in [0, 0.1) is 0 Å². The highest BCUT2D eigenvalue weighted by atomic mass is 35.5. The summed E-state index contributed by atoms with van der Waals surface area (Å²) in [5.74, 6) is 0. The van der Waals surface area contributed by atoms with Crippen molar-refractivity contribution in [1.82, 2.24) is 0 Å². The molecule has 2 rings (SSSR count). The van der Waals surface area contributed by atoms with E-state index in [0.29, 0.717) is 28.6 Å². The van der Waals surface area contributed by atoms with Crippen LogP contribution in [-0.4, -0.2) is 26.2 Å². The molecule has 0 unspecified atom stereocenters. The molecular weight excluding hydrogens is 405 g/mol. The highest BCUT2D eigenvalue weighted by Crippen LogP contribution is 2.35. The van der Waals surface area contributed by atoms with Crippen LogP contribution >= 0.6 is 34.8 Å². The van der Waals surface area contributed by atoms with Gasteiger partial charge in [-0.25, -0.2) is 8.42 Å². The molecule has 1 N–H and O–H groups in total. The molecule has 0 bridgehead atoms. The lowest BCUT2D eigenvalue weighted by Crippen LogP contribution is -2.39. The Morgan fingerprint density at radius 1 is 1.04 bits per heavy atom. The predicted octanol–water partition coefficient (Wildman–Crippen LogP) is 5.00. The molecule has 25 heavy (non-hydrogen) atoms. The second kappa shape index (κ2) is 8.60. The van der Waals surface area contributed by atoms with Crippen molar-refractivity contribution in [3.8, 4) is 0 Å². The minimum atomic E-state index is -3.89. The van der Waals surface area contributed by atoms with E-state index >= 15 is 0 Å². The van der Waals surface area contributed by atoms with Gasteiger partial charge in [0.15, 0.2) is 0 Å². The largest absolute Gasteiger partial charge is 0.396 e. The SMILES string of the molecule is C[C@H](CCCO)N(c1cc(Cl)ccc1Cl)S(=O)(=O)c1ccc(Cl)cc1. The molecular formula is C17H18Cl3NO3S. The highest BCUT2D eigenvalue weighted by Gasteiger charge is 2.31. The summed E-state index contributed by atoms with van der Waals surface area (Å²) in [6.45, 7) is 1.74. The van der Waals surface area contributed by atoms with E-state index in [1.165, 1.54) is 34.6 Å². The quantitative estimate of drug-likeness (QED) is 0.683. The Bertz CT molecular complexity index is 826. The second-order valence-corrected chi connectivity index (χ2v) is 8.66. The van der Waals surface area contributed by atoms with Crippen LogP contribution in [0.5, 0.6) is 0 Å². The molecule has 0 fully saturated rings. The number of hydrogen-bond acceptors (Lipinski definition) is 3. The van der Waals surface area contributed by atoms with Crippen LogP contribution in [0.15, 0.2) is 47.4 Å². The smallest absolute Gasteiger partial charge is 0.264 e. The molecule has 2 aromatic carbocycles. The monoisotopic (exact) mass is 421 g/mol. The van der Waals surface area contributed by atoms with E-state index < -0.39 is 16.1 Å². The molecule has 0 radical (unpaired) electrons. The lowest BCUT2D eigenvalue weighted by atomic mass is 10.2. The number of nitrogens with zero attached hydrogens (tertiary/aromatic N) is 1. The summed E-state index contributed by atoms with van der Waals surface area (Å²) in [6.07, 6.45) is 0.929. The first-order valence-electron chi connectivity index (χ1n) is 7.63. The van der Waals surface area contributed by atoms with Gasteiger partial charge in [-0.15, -0.1) is 0 Å². The highest BCUT2D eigenvalue weighted by molar-refractivity contribution is 7.92. The van der Waals surface area contributed by atoms with Crippen molar-refractivity contribution in [2.24, 2.45) is 0 Å². The number of aliphatic hydroxyl groups excluding tert-OH is 1. The molecule has 0 aliphatic carbocycles.